The van der Waals surface area contributed by atoms with Crippen molar-refractivity contribution in [3.63, 3.8) is 0 Å². The van der Waals surface area contributed by atoms with Crippen LogP contribution >= 0.6 is 0 Å². The van der Waals surface area contributed by atoms with Crippen molar-refractivity contribution in [2.75, 3.05) is 11.9 Å². The number of hydrogen-bond acceptors (Lipinski definition) is 3. The van der Waals surface area contributed by atoms with E-state index in [9.17, 15) is 14.4 Å². The number of amides is 4. The van der Waals surface area contributed by atoms with Crippen molar-refractivity contribution in [1.82, 2.24) is 10.2 Å². The van der Waals surface area contributed by atoms with Crippen LogP contribution in [0.3, 0.4) is 0 Å². The molecule has 146 valence electrons. The molecule has 6 heteroatoms. The molecule has 0 spiro atoms. The third kappa shape index (κ3) is 4.39. The van der Waals surface area contributed by atoms with Gasteiger partial charge in [-0.05, 0) is 62.4 Å². The third-order valence-corrected chi connectivity index (χ3v) is 4.91. The Morgan fingerprint density at radius 2 is 1.71 bits per heavy atom. The molecule has 1 fully saturated rings. The van der Waals surface area contributed by atoms with Crippen LogP contribution in [-0.2, 0) is 16.0 Å². The Balaban J connectivity index is 1.63. The smallest absolute Gasteiger partial charge is 0.325 e. The molecule has 2 aromatic carbocycles. The van der Waals surface area contributed by atoms with Gasteiger partial charge in [0.1, 0.15) is 12.1 Å². The lowest BCUT2D eigenvalue weighted by molar-refractivity contribution is -0.133. The van der Waals surface area contributed by atoms with E-state index in [2.05, 4.69) is 10.6 Å². The van der Waals surface area contributed by atoms with E-state index in [4.69, 9.17) is 0 Å². The van der Waals surface area contributed by atoms with Crippen LogP contribution in [0.15, 0.2) is 48.5 Å². The van der Waals surface area contributed by atoms with Gasteiger partial charge >= 0.3 is 6.03 Å². The molecule has 1 heterocycles. The number of benzene rings is 2. The maximum atomic E-state index is 12.8. The van der Waals surface area contributed by atoms with Crippen molar-refractivity contribution in [1.29, 1.82) is 0 Å². The highest BCUT2D eigenvalue weighted by Gasteiger charge is 2.47. The van der Waals surface area contributed by atoms with E-state index in [0.29, 0.717) is 18.5 Å². The number of hydrogen-bond donors (Lipinski definition) is 2. The van der Waals surface area contributed by atoms with Gasteiger partial charge in [-0.25, -0.2) is 4.79 Å². The number of carbonyl (C=O) groups excluding carboxylic acids is 3. The summed E-state index contributed by atoms with van der Waals surface area (Å²) in [6, 6.07) is 15.0. The zero-order valence-corrected chi connectivity index (χ0v) is 16.4. The molecule has 0 saturated carbocycles. The Morgan fingerprint density at radius 1 is 1.07 bits per heavy atom. The molecular formula is C22H25N3O3. The molecule has 3 rings (SSSR count). The maximum Gasteiger partial charge on any atom is 0.325 e. The summed E-state index contributed by atoms with van der Waals surface area (Å²) in [5, 5.41) is 5.51. The zero-order valence-electron chi connectivity index (χ0n) is 16.4. The molecule has 0 radical (unpaired) electrons. The highest BCUT2D eigenvalue weighted by molar-refractivity contribution is 6.09. The first kappa shape index (κ1) is 19.6. The van der Waals surface area contributed by atoms with Crippen molar-refractivity contribution in [3.05, 3.63) is 65.2 Å². The maximum absolute atomic E-state index is 12.8. The Bertz CT molecular complexity index is 890. The predicted octanol–water partition coefficient (Wildman–Crippen LogP) is 3.19. The summed E-state index contributed by atoms with van der Waals surface area (Å²) in [5.41, 5.74) is 2.79. The average molecular weight is 379 g/mol. The fourth-order valence-electron chi connectivity index (χ4n) is 3.49. The molecular weight excluding hydrogens is 354 g/mol. The normalized spacial score (nSPS) is 18.9. The number of anilines is 1. The summed E-state index contributed by atoms with van der Waals surface area (Å²) < 4.78 is 0. The minimum atomic E-state index is -1.01. The number of rotatable bonds is 6. The van der Waals surface area contributed by atoms with Crippen molar-refractivity contribution < 1.29 is 14.4 Å². The Kier molecular flexibility index (Phi) is 5.49. The standard InChI is InChI=1S/C22H25N3O3/c1-15-11-16(2)13-18(12-15)23-19(26)14-25-20(27)22(3,24-21(25)28)10-9-17-7-5-4-6-8-17/h4-8,11-13H,9-10,14H2,1-3H3,(H,23,26)(H,24,28). The first-order valence-electron chi connectivity index (χ1n) is 9.33. The minimum Gasteiger partial charge on any atom is -0.325 e. The van der Waals surface area contributed by atoms with Crippen LogP contribution in [0.2, 0.25) is 0 Å². The molecule has 2 aromatic rings. The van der Waals surface area contributed by atoms with Gasteiger partial charge in [0.15, 0.2) is 0 Å². The van der Waals surface area contributed by atoms with Crippen LogP contribution < -0.4 is 10.6 Å². The summed E-state index contributed by atoms with van der Waals surface area (Å²) in [4.78, 5) is 38.5. The van der Waals surface area contributed by atoms with Crippen LogP contribution in [0.1, 0.15) is 30.0 Å². The second-order valence-electron chi connectivity index (χ2n) is 7.56. The minimum absolute atomic E-state index is 0.307. The van der Waals surface area contributed by atoms with Gasteiger partial charge in [-0.15, -0.1) is 0 Å². The molecule has 6 nitrogen and oxygen atoms in total. The van der Waals surface area contributed by atoms with Crippen LogP contribution in [0.4, 0.5) is 10.5 Å². The second kappa shape index (κ2) is 7.84. The summed E-state index contributed by atoms with van der Waals surface area (Å²) in [6.07, 6.45) is 1.13. The fraction of sp³-hybridized carbons (Fsp3) is 0.318. The molecule has 0 aromatic heterocycles. The first-order chi connectivity index (χ1) is 13.3. The second-order valence-corrected chi connectivity index (χ2v) is 7.56. The van der Waals surface area contributed by atoms with Gasteiger partial charge in [0.25, 0.3) is 5.91 Å². The monoisotopic (exact) mass is 379 g/mol. The van der Waals surface area contributed by atoms with Crippen molar-refractivity contribution in [3.8, 4) is 0 Å². The van der Waals surface area contributed by atoms with Crippen LogP contribution in [-0.4, -0.2) is 34.8 Å². The summed E-state index contributed by atoms with van der Waals surface area (Å²) in [7, 11) is 0. The number of carbonyl (C=O) groups is 3. The van der Waals surface area contributed by atoms with E-state index in [1.807, 2.05) is 62.4 Å². The molecule has 4 amide bonds. The lowest BCUT2D eigenvalue weighted by Crippen LogP contribution is -2.45. The number of imide groups is 1. The van der Waals surface area contributed by atoms with Crippen LogP contribution in [0.5, 0.6) is 0 Å². The SMILES string of the molecule is Cc1cc(C)cc(NC(=O)CN2C(=O)NC(C)(CCc3ccccc3)C2=O)c1. The number of aryl methyl sites for hydroxylation is 3. The highest BCUT2D eigenvalue weighted by atomic mass is 16.2. The Hall–Kier alpha value is -3.15. The summed E-state index contributed by atoms with van der Waals surface area (Å²) in [5.74, 6) is -0.773. The molecule has 28 heavy (non-hydrogen) atoms. The number of urea groups is 1. The summed E-state index contributed by atoms with van der Waals surface area (Å²) in [6.45, 7) is 5.28. The first-order valence-corrected chi connectivity index (χ1v) is 9.33. The van der Waals surface area contributed by atoms with Crippen molar-refractivity contribution in [2.24, 2.45) is 0 Å². The number of nitrogens with one attached hydrogen (secondary N) is 2. The highest BCUT2D eigenvalue weighted by Crippen LogP contribution is 2.23. The molecule has 1 unspecified atom stereocenters. The van der Waals surface area contributed by atoms with Gasteiger partial charge in [0.05, 0.1) is 0 Å². The van der Waals surface area contributed by atoms with Crippen LogP contribution in [0.25, 0.3) is 0 Å². The Labute approximate surface area is 164 Å². The van der Waals surface area contributed by atoms with Crippen molar-refractivity contribution in [2.45, 2.75) is 39.2 Å². The van der Waals surface area contributed by atoms with Crippen molar-refractivity contribution >= 4 is 23.5 Å². The van der Waals surface area contributed by atoms with E-state index < -0.39 is 17.5 Å². The Morgan fingerprint density at radius 3 is 2.36 bits per heavy atom. The van der Waals surface area contributed by atoms with E-state index >= 15 is 0 Å². The third-order valence-electron chi connectivity index (χ3n) is 4.91. The molecule has 1 aliphatic heterocycles. The van der Waals surface area contributed by atoms with E-state index in [0.717, 1.165) is 21.6 Å². The van der Waals surface area contributed by atoms with Gasteiger partial charge in [0, 0.05) is 5.69 Å². The van der Waals surface area contributed by atoms with Gasteiger partial charge in [-0.3, -0.25) is 14.5 Å². The molecule has 0 bridgehead atoms. The average Bonchev–Trinajstić information content (AvgIpc) is 2.83. The van der Waals surface area contributed by atoms with E-state index in [-0.39, 0.29) is 12.5 Å². The quantitative estimate of drug-likeness (QED) is 0.757. The van der Waals surface area contributed by atoms with Crippen LogP contribution in [0, 0.1) is 13.8 Å². The lowest BCUT2D eigenvalue weighted by atomic mass is 9.93. The van der Waals surface area contributed by atoms with Gasteiger partial charge < -0.3 is 10.6 Å². The topological polar surface area (TPSA) is 78.5 Å². The van der Waals surface area contributed by atoms with E-state index in [1.165, 1.54) is 0 Å². The molecule has 1 atom stereocenters. The molecule has 2 N–H and O–H groups in total. The fourth-order valence-corrected chi connectivity index (χ4v) is 3.49. The van der Waals surface area contributed by atoms with Gasteiger partial charge in [-0.2, -0.15) is 0 Å². The molecule has 1 saturated heterocycles. The lowest BCUT2D eigenvalue weighted by Gasteiger charge is -2.21. The predicted molar refractivity (Wildman–Crippen MR) is 108 cm³/mol. The van der Waals surface area contributed by atoms with Gasteiger partial charge in [-0.1, -0.05) is 36.4 Å². The largest absolute Gasteiger partial charge is 0.325 e. The molecule has 0 aliphatic carbocycles. The molecule has 1 aliphatic rings. The van der Waals surface area contributed by atoms with E-state index in [1.54, 1.807) is 6.92 Å². The number of nitrogens with zero attached hydrogens (tertiary/aromatic N) is 1. The zero-order chi connectivity index (χ0) is 20.3. The van der Waals surface area contributed by atoms with Gasteiger partial charge in [0.2, 0.25) is 5.91 Å². The summed E-state index contributed by atoms with van der Waals surface area (Å²) >= 11 is 0.